The van der Waals surface area contributed by atoms with E-state index in [4.69, 9.17) is 5.21 Å². The first kappa shape index (κ1) is 28.7. The predicted octanol–water partition coefficient (Wildman–Crippen LogP) is 4.06. The van der Waals surface area contributed by atoms with Gasteiger partial charge in [0.25, 0.3) is 5.91 Å². The second-order valence-electron chi connectivity index (χ2n) is 11.8. The molecule has 2 saturated heterocycles. The Bertz CT molecular complexity index is 1010. The summed E-state index contributed by atoms with van der Waals surface area (Å²) in [5, 5.41) is 8.82. The third-order valence-corrected chi connectivity index (χ3v) is 8.15. The molecule has 0 saturated carbocycles. The lowest BCUT2D eigenvalue weighted by Crippen LogP contribution is -2.55. The average molecular weight is 522 g/mol. The standard InChI is InChI=1S/C31H47N5O2/c1-24(2)12-13-33-14-16-34(17-15-33)22-28-6-5-7-29(18-28)23-36-25(3)19-35(20-26(36)4)21-27-8-10-30(11-9-27)31(37)32-38/h5-11,18,24-26,38H,12-17,19-23H2,1-4H3,(H,32,37)/t25-,26+. The van der Waals surface area contributed by atoms with E-state index in [2.05, 4.69) is 71.6 Å². The lowest BCUT2D eigenvalue weighted by Gasteiger charge is -2.44. The van der Waals surface area contributed by atoms with Crippen LogP contribution in [0.25, 0.3) is 0 Å². The molecule has 2 atom stereocenters. The number of carbonyl (C=O) groups excluding carboxylic acids is 1. The zero-order valence-electron chi connectivity index (χ0n) is 23.8. The number of rotatable bonds is 10. The van der Waals surface area contributed by atoms with Crippen LogP contribution >= 0.6 is 0 Å². The Morgan fingerprint density at radius 2 is 1.42 bits per heavy atom. The molecule has 0 aliphatic carbocycles. The van der Waals surface area contributed by atoms with Crippen molar-refractivity contribution in [3.05, 3.63) is 70.8 Å². The van der Waals surface area contributed by atoms with Gasteiger partial charge in [0.15, 0.2) is 0 Å². The van der Waals surface area contributed by atoms with Gasteiger partial charge in [0.1, 0.15) is 0 Å². The van der Waals surface area contributed by atoms with Gasteiger partial charge in [-0.2, -0.15) is 0 Å². The molecule has 2 aromatic carbocycles. The van der Waals surface area contributed by atoms with Gasteiger partial charge < -0.3 is 4.90 Å². The summed E-state index contributed by atoms with van der Waals surface area (Å²) in [7, 11) is 0. The van der Waals surface area contributed by atoms with Crippen LogP contribution < -0.4 is 5.48 Å². The minimum absolute atomic E-state index is 0.459. The highest BCUT2D eigenvalue weighted by molar-refractivity contribution is 5.93. The van der Waals surface area contributed by atoms with Gasteiger partial charge in [-0.05, 0) is 61.6 Å². The summed E-state index contributed by atoms with van der Waals surface area (Å²) in [6.45, 7) is 20.2. The predicted molar refractivity (Wildman–Crippen MR) is 153 cm³/mol. The summed E-state index contributed by atoms with van der Waals surface area (Å²) in [5.41, 5.74) is 6.17. The minimum Gasteiger partial charge on any atom is -0.301 e. The largest absolute Gasteiger partial charge is 0.301 e. The van der Waals surface area contributed by atoms with Crippen LogP contribution in [-0.2, 0) is 19.6 Å². The van der Waals surface area contributed by atoms with Crippen molar-refractivity contribution >= 4 is 5.91 Å². The highest BCUT2D eigenvalue weighted by Gasteiger charge is 2.29. The van der Waals surface area contributed by atoms with Crippen LogP contribution in [0.3, 0.4) is 0 Å². The van der Waals surface area contributed by atoms with E-state index in [0.717, 1.165) is 51.7 Å². The second-order valence-corrected chi connectivity index (χ2v) is 11.8. The Hall–Kier alpha value is -2.29. The fourth-order valence-corrected chi connectivity index (χ4v) is 5.90. The van der Waals surface area contributed by atoms with E-state index < -0.39 is 5.91 Å². The Balaban J connectivity index is 1.26. The maximum atomic E-state index is 11.6. The first-order valence-electron chi connectivity index (χ1n) is 14.3. The molecule has 0 unspecified atom stereocenters. The SMILES string of the molecule is CC(C)CCN1CCN(Cc2cccc(CN3[C@H](C)CN(Cc4ccc(C(=O)NO)cc4)C[C@@H]3C)c2)CC1. The smallest absolute Gasteiger partial charge is 0.274 e. The van der Waals surface area contributed by atoms with Crippen molar-refractivity contribution in [3.8, 4) is 0 Å². The number of amides is 1. The maximum Gasteiger partial charge on any atom is 0.274 e. The number of carbonyl (C=O) groups is 1. The van der Waals surface area contributed by atoms with Crippen molar-refractivity contribution in [2.45, 2.75) is 65.8 Å². The molecule has 2 aliphatic rings. The Labute approximate surface area is 229 Å². The summed E-state index contributed by atoms with van der Waals surface area (Å²) in [5.74, 6) is 0.307. The van der Waals surface area contributed by atoms with E-state index in [1.807, 2.05) is 12.1 Å². The van der Waals surface area contributed by atoms with Crippen LogP contribution in [0.15, 0.2) is 48.5 Å². The zero-order chi connectivity index (χ0) is 27.1. The lowest BCUT2D eigenvalue weighted by molar-refractivity contribution is 0.0290. The molecule has 2 aliphatic heterocycles. The van der Waals surface area contributed by atoms with Gasteiger partial charge in [0.05, 0.1) is 0 Å². The van der Waals surface area contributed by atoms with Crippen molar-refractivity contribution in [1.82, 2.24) is 25.1 Å². The molecule has 38 heavy (non-hydrogen) atoms. The number of nitrogens with zero attached hydrogens (tertiary/aromatic N) is 4. The molecular weight excluding hydrogens is 474 g/mol. The Morgan fingerprint density at radius 3 is 2.03 bits per heavy atom. The first-order valence-corrected chi connectivity index (χ1v) is 14.3. The fraction of sp³-hybridized carbons (Fsp3) is 0.581. The molecule has 2 N–H and O–H groups in total. The molecule has 0 radical (unpaired) electrons. The summed E-state index contributed by atoms with van der Waals surface area (Å²) in [6, 6.07) is 17.6. The van der Waals surface area contributed by atoms with E-state index in [9.17, 15) is 4.79 Å². The molecular formula is C31H47N5O2. The number of hydrogen-bond acceptors (Lipinski definition) is 6. The van der Waals surface area contributed by atoms with E-state index >= 15 is 0 Å². The number of nitrogens with one attached hydrogen (secondary N) is 1. The van der Waals surface area contributed by atoms with Gasteiger partial charge in [0, 0.05) is 76.5 Å². The molecule has 0 bridgehead atoms. The van der Waals surface area contributed by atoms with Crippen molar-refractivity contribution in [2.24, 2.45) is 5.92 Å². The molecule has 0 spiro atoms. The van der Waals surface area contributed by atoms with E-state index in [0.29, 0.717) is 17.6 Å². The minimum atomic E-state index is -0.476. The van der Waals surface area contributed by atoms with Gasteiger partial charge in [-0.25, -0.2) is 5.48 Å². The molecule has 7 nitrogen and oxygen atoms in total. The van der Waals surface area contributed by atoms with Crippen molar-refractivity contribution in [3.63, 3.8) is 0 Å². The summed E-state index contributed by atoms with van der Waals surface area (Å²) >= 11 is 0. The van der Waals surface area contributed by atoms with E-state index in [1.165, 1.54) is 42.7 Å². The highest BCUT2D eigenvalue weighted by atomic mass is 16.5. The molecule has 2 fully saturated rings. The quantitative estimate of drug-likeness (QED) is 0.363. The molecule has 0 aromatic heterocycles. The van der Waals surface area contributed by atoms with Crippen LogP contribution in [0, 0.1) is 5.92 Å². The Morgan fingerprint density at radius 1 is 0.842 bits per heavy atom. The van der Waals surface area contributed by atoms with Crippen LogP contribution in [0.5, 0.6) is 0 Å². The van der Waals surface area contributed by atoms with Gasteiger partial charge >= 0.3 is 0 Å². The van der Waals surface area contributed by atoms with Gasteiger partial charge in [-0.1, -0.05) is 50.2 Å². The molecule has 4 rings (SSSR count). The second kappa shape index (κ2) is 13.7. The maximum absolute atomic E-state index is 11.6. The van der Waals surface area contributed by atoms with Gasteiger partial charge in [-0.3, -0.25) is 24.7 Å². The first-order chi connectivity index (χ1) is 18.3. The van der Waals surface area contributed by atoms with Crippen LogP contribution in [0.1, 0.15) is 61.2 Å². The van der Waals surface area contributed by atoms with Crippen LogP contribution in [0.2, 0.25) is 0 Å². The zero-order valence-corrected chi connectivity index (χ0v) is 23.8. The topological polar surface area (TPSA) is 62.3 Å². The summed E-state index contributed by atoms with van der Waals surface area (Å²) < 4.78 is 0. The number of hydroxylamine groups is 1. The Kier molecular flexibility index (Phi) is 10.3. The molecule has 7 heteroatoms. The third kappa shape index (κ3) is 8.10. The van der Waals surface area contributed by atoms with Crippen molar-refractivity contribution < 1.29 is 10.0 Å². The average Bonchev–Trinajstić information content (AvgIpc) is 2.90. The van der Waals surface area contributed by atoms with Crippen molar-refractivity contribution in [1.29, 1.82) is 0 Å². The monoisotopic (exact) mass is 521 g/mol. The molecule has 2 heterocycles. The molecule has 1 amide bonds. The normalized spacial score (nSPS) is 22.2. The van der Waals surface area contributed by atoms with Gasteiger partial charge in [-0.15, -0.1) is 0 Å². The van der Waals surface area contributed by atoms with Crippen molar-refractivity contribution in [2.75, 3.05) is 45.8 Å². The van der Waals surface area contributed by atoms with E-state index in [-0.39, 0.29) is 0 Å². The third-order valence-electron chi connectivity index (χ3n) is 8.15. The molecule has 2 aromatic rings. The summed E-state index contributed by atoms with van der Waals surface area (Å²) in [4.78, 5) is 22.0. The fourth-order valence-electron chi connectivity index (χ4n) is 5.90. The highest BCUT2D eigenvalue weighted by Crippen LogP contribution is 2.22. The molecule has 208 valence electrons. The lowest BCUT2D eigenvalue weighted by atomic mass is 10.0. The van der Waals surface area contributed by atoms with Crippen LogP contribution in [0.4, 0.5) is 0 Å². The van der Waals surface area contributed by atoms with Crippen LogP contribution in [-0.4, -0.2) is 88.6 Å². The summed E-state index contributed by atoms with van der Waals surface area (Å²) in [6.07, 6.45) is 1.30. The van der Waals surface area contributed by atoms with E-state index in [1.54, 1.807) is 17.6 Å². The van der Waals surface area contributed by atoms with Gasteiger partial charge in [0.2, 0.25) is 0 Å². The number of benzene rings is 2. The number of hydrogen-bond donors (Lipinski definition) is 2. The number of piperazine rings is 2.